The number of hydrogen-bond acceptors (Lipinski definition) is 5. The summed E-state index contributed by atoms with van der Waals surface area (Å²) < 4.78 is 0. The van der Waals surface area contributed by atoms with Crippen LogP contribution in [-0.2, 0) is 0 Å². The molecule has 0 radical (unpaired) electrons. The van der Waals surface area contributed by atoms with Gasteiger partial charge in [-0.1, -0.05) is 37.2 Å². The minimum atomic E-state index is -0.289. The first-order valence-electron chi connectivity index (χ1n) is 6.35. The summed E-state index contributed by atoms with van der Waals surface area (Å²) in [5.74, 6) is 0. The van der Waals surface area contributed by atoms with E-state index in [1.807, 2.05) is 26.0 Å². The first-order valence-corrected chi connectivity index (χ1v) is 6.35. The van der Waals surface area contributed by atoms with Gasteiger partial charge < -0.3 is 10.3 Å². The molecule has 1 aliphatic carbocycles. The second-order valence-electron chi connectivity index (χ2n) is 5.55. The topological polar surface area (TPSA) is 77.5 Å². The molecule has 102 valence electrons. The molecular formula is C14H19N3O2. The van der Waals surface area contributed by atoms with Crippen molar-refractivity contribution in [3.63, 3.8) is 0 Å². The Balaban J connectivity index is 2.34. The van der Waals surface area contributed by atoms with Gasteiger partial charge in [-0.15, -0.1) is 0 Å². The van der Waals surface area contributed by atoms with E-state index in [0.29, 0.717) is 18.0 Å². The van der Waals surface area contributed by atoms with Gasteiger partial charge in [-0.25, -0.2) is 0 Å². The van der Waals surface area contributed by atoms with Crippen LogP contribution in [0.5, 0.6) is 0 Å². The van der Waals surface area contributed by atoms with E-state index in [2.05, 4.69) is 21.2 Å². The van der Waals surface area contributed by atoms with Gasteiger partial charge in [-0.3, -0.25) is 9.98 Å². The van der Waals surface area contributed by atoms with E-state index in [1.54, 1.807) is 6.21 Å². The molecule has 0 saturated carbocycles. The van der Waals surface area contributed by atoms with Crippen LogP contribution >= 0.6 is 0 Å². The van der Waals surface area contributed by atoms with Crippen molar-refractivity contribution in [2.24, 2.45) is 20.6 Å². The molecule has 0 aromatic heterocycles. The normalized spacial score (nSPS) is 26.7. The van der Waals surface area contributed by atoms with Crippen molar-refractivity contribution in [2.75, 3.05) is 13.2 Å². The monoisotopic (exact) mass is 261 g/mol. The molecule has 0 fully saturated rings. The van der Waals surface area contributed by atoms with Crippen LogP contribution in [0, 0.1) is 5.41 Å². The average molecular weight is 261 g/mol. The molecular weight excluding hydrogens is 242 g/mol. The maximum Gasteiger partial charge on any atom is 0.145 e. The van der Waals surface area contributed by atoms with Gasteiger partial charge in [-0.2, -0.15) is 0 Å². The van der Waals surface area contributed by atoms with E-state index in [-0.39, 0.29) is 18.1 Å². The predicted molar refractivity (Wildman–Crippen MR) is 76.5 cm³/mol. The van der Waals surface area contributed by atoms with E-state index < -0.39 is 0 Å². The minimum Gasteiger partial charge on any atom is -0.410 e. The second-order valence-corrected chi connectivity index (χ2v) is 5.55. The summed E-state index contributed by atoms with van der Waals surface area (Å²) in [4.78, 5) is 8.89. The van der Waals surface area contributed by atoms with Crippen molar-refractivity contribution in [1.82, 2.24) is 0 Å². The molecule has 1 heterocycles. The number of fused-ring (bicyclic) bond motifs is 1. The maximum absolute atomic E-state index is 9.28. The lowest BCUT2D eigenvalue weighted by Crippen LogP contribution is -2.32. The number of hydrogen-bond donors (Lipinski definition) is 2. The molecule has 2 aliphatic rings. The highest BCUT2D eigenvalue weighted by molar-refractivity contribution is 6.67. The third kappa shape index (κ3) is 2.98. The number of nitrogens with zero attached hydrogens (tertiary/aromatic N) is 3. The number of aliphatic imine (C=N–C) groups is 2. The maximum atomic E-state index is 9.28. The number of allylic oxidation sites excluding steroid dienone is 2. The van der Waals surface area contributed by atoms with Gasteiger partial charge in [0.1, 0.15) is 5.71 Å². The van der Waals surface area contributed by atoms with Gasteiger partial charge in [0.2, 0.25) is 0 Å². The molecule has 1 aliphatic heterocycles. The van der Waals surface area contributed by atoms with Crippen LogP contribution in [0.2, 0.25) is 0 Å². The summed E-state index contributed by atoms with van der Waals surface area (Å²) in [5.41, 5.74) is 1.74. The Morgan fingerprint density at radius 3 is 2.95 bits per heavy atom. The van der Waals surface area contributed by atoms with Crippen molar-refractivity contribution in [3.05, 3.63) is 23.8 Å². The second kappa shape index (κ2) is 5.48. The van der Waals surface area contributed by atoms with Crippen LogP contribution < -0.4 is 0 Å². The fourth-order valence-electron chi connectivity index (χ4n) is 1.95. The summed E-state index contributed by atoms with van der Waals surface area (Å²) in [6.45, 7) is 4.41. The Labute approximate surface area is 112 Å². The van der Waals surface area contributed by atoms with E-state index in [0.717, 1.165) is 12.0 Å². The Kier molecular flexibility index (Phi) is 3.95. The first-order chi connectivity index (χ1) is 9.07. The number of aliphatic hydroxyl groups is 1. The number of aliphatic hydroxyl groups excluding tert-OH is 1. The molecule has 1 atom stereocenters. The summed E-state index contributed by atoms with van der Waals surface area (Å²) >= 11 is 0. The standard InChI is InChI=1S/C14H19N3O2/c1-14(2,9-18)8-16-13-10-5-3-4-6-11(10)15-7-12(13)17-19/h3-5,7,11,18-19H,6,8-9H2,1-2H3/b16-13?,17-12+. The SMILES string of the molecule is CC(C)(CO)CN=C1C2=CC=CCC2N=C/C1=N\O. The van der Waals surface area contributed by atoms with Crippen molar-refractivity contribution < 1.29 is 10.3 Å². The van der Waals surface area contributed by atoms with Crippen LogP contribution in [0.3, 0.4) is 0 Å². The zero-order chi connectivity index (χ0) is 13.9. The summed E-state index contributed by atoms with van der Waals surface area (Å²) in [6, 6.07) is 0.0616. The zero-order valence-electron chi connectivity index (χ0n) is 11.2. The molecule has 19 heavy (non-hydrogen) atoms. The Morgan fingerprint density at radius 2 is 2.26 bits per heavy atom. The van der Waals surface area contributed by atoms with E-state index in [4.69, 9.17) is 5.21 Å². The molecule has 1 unspecified atom stereocenters. The Bertz CT molecular complexity index is 499. The third-order valence-electron chi connectivity index (χ3n) is 3.22. The summed E-state index contributed by atoms with van der Waals surface area (Å²) in [7, 11) is 0. The van der Waals surface area contributed by atoms with Crippen LogP contribution in [0.4, 0.5) is 0 Å². The molecule has 0 bridgehead atoms. The molecule has 0 aromatic carbocycles. The third-order valence-corrected chi connectivity index (χ3v) is 3.22. The highest BCUT2D eigenvalue weighted by Gasteiger charge is 2.27. The Hall–Kier alpha value is -1.75. The summed E-state index contributed by atoms with van der Waals surface area (Å²) in [6.07, 6.45) is 8.38. The minimum absolute atomic E-state index is 0.0614. The van der Waals surface area contributed by atoms with E-state index >= 15 is 0 Å². The molecule has 0 spiro atoms. The lowest BCUT2D eigenvalue weighted by Gasteiger charge is -2.25. The molecule has 2 N–H and O–H groups in total. The van der Waals surface area contributed by atoms with Crippen molar-refractivity contribution in [3.8, 4) is 0 Å². The number of oxime groups is 1. The largest absolute Gasteiger partial charge is 0.410 e. The lowest BCUT2D eigenvalue weighted by atomic mass is 9.90. The van der Waals surface area contributed by atoms with Gasteiger partial charge in [-0.05, 0) is 6.42 Å². The van der Waals surface area contributed by atoms with Crippen LogP contribution in [-0.4, -0.2) is 47.1 Å². The first kappa shape index (κ1) is 13.7. The smallest absolute Gasteiger partial charge is 0.145 e. The van der Waals surface area contributed by atoms with Crippen LogP contribution in [0.1, 0.15) is 20.3 Å². The van der Waals surface area contributed by atoms with E-state index in [9.17, 15) is 5.11 Å². The molecule has 2 rings (SSSR count). The van der Waals surface area contributed by atoms with Crippen molar-refractivity contribution >= 4 is 17.6 Å². The summed E-state index contributed by atoms with van der Waals surface area (Å²) in [5, 5.41) is 21.6. The average Bonchev–Trinajstić information content (AvgIpc) is 2.44. The van der Waals surface area contributed by atoms with Gasteiger partial charge in [0.15, 0.2) is 0 Å². The van der Waals surface area contributed by atoms with Crippen molar-refractivity contribution in [1.29, 1.82) is 0 Å². The predicted octanol–water partition coefficient (Wildman–Crippen LogP) is 1.62. The van der Waals surface area contributed by atoms with E-state index in [1.165, 1.54) is 0 Å². The zero-order valence-corrected chi connectivity index (χ0v) is 11.2. The Morgan fingerprint density at radius 1 is 1.47 bits per heavy atom. The molecule has 5 heteroatoms. The quantitative estimate of drug-likeness (QED) is 0.598. The van der Waals surface area contributed by atoms with Gasteiger partial charge in [0.25, 0.3) is 0 Å². The lowest BCUT2D eigenvalue weighted by molar-refractivity contribution is 0.167. The highest BCUT2D eigenvalue weighted by Crippen LogP contribution is 2.23. The molecule has 0 amide bonds. The van der Waals surface area contributed by atoms with Gasteiger partial charge >= 0.3 is 0 Å². The van der Waals surface area contributed by atoms with Crippen molar-refractivity contribution in [2.45, 2.75) is 26.3 Å². The van der Waals surface area contributed by atoms with Gasteiger partial charge in [0.05, 0.1) is 18.0 Å². The van der Waals surface area contributed by atoms with Gasteiger partial charge in [0, 0.05) is 24.1 Å². The number of rotatable bonds is 3. The fraction of sp³-hybridized carbons (Fsp3) is 0.500. The fourth-order valence-corrected chi connectivity index (χ4v) is 1.95. The van der Waals surface area contributed by atoms with Crippen LogP contribution in [0.15, 0.2) is 38.9 Å². The molecule has 0 aromatic rings. The highest BCUT2D eigenvalue weighted by atomic mass is 16.4. The molecule has 5 nitrogen and oxygen atoms in total. The molecule has 0 saturated heterocycles. The van der Waals surface area contributed by atoms with Crippen LogP contribution in [0.25, 0.3) is 0 Å².